The van der Waals surface area contributed by atoms with E-state index in [2.05, 4.69) is 21.2 Å². The molecule has 3 heterocycles. The second kappa shape index (κ2) is 5.74. The quantitative estimate of drug-likeness (QED) is 0.887. The van der Waals surface area contributed by atoms with Gasteiger partial charge in [-0.05, 0) is 31.9 Å². The first kappa shape index (κ1) is 12.7. The van der Waals surface area contributed by atoms with Crippen molar-refractivity contribution in [1.29, 1.82) is 0 Å². The molecule has 0 bridgehead atoms. The molecule has 1 amide bonds. The Labute approximate surface area is 114 Å². The van der Waals surface area contributed by atoms with Gasteiger partial charge < -0.3 is 9.80 Å². The summed E-state index contributed by atoms with van der Waals surface area (Å²) in [5.74, 6) is 0.910. The van der Waals surface area contributed by atoms with Crippen molar-refractivity contribution in [1.82, 2.24) is 20.0 Å². The molecule has 3 rings (SSSR count). The molecule has 104 valence electrons. The number of aromatic amines is 1. The molecule has 1 N–H and O–H groups in total. The largest absolute Gasteiger partial charge is 0.341 e. The van der Waals surface area contributed by atoms with Crippen LogP contribution in [0.2, 0.25) is 0 Å². The van der Waals surface area contributed by atoms with Gasteiger partial charge in [0, 0.05) is 50.4 Å². The molecule has 1 atom stereocenters. The number of carbonyl (C=O) groups excluding carboxylic acids is 1. The molecule has 0 saturated carbocycles. The van der Waals surface area contributed by atoms with Crippen LogP contribution in [0, 0.1) is 0 Å². The minimum absolute atomic E-state index is 0.335. The molecule has 0 unspecified atom stereocenters. The van der Waals surface area contributed by atoms with Gasteiger partial charge in [-0.25, -0.2) is 0 Å². The van der Waals surface area contributed by atoms with E-state index >= 15 is 0 Å². The van der Waals surface area contributed by atoms with Crippen LogP contribution in [0.15, 0.2) is 12.3 Å². The van der Waals surface area contributed by atoms with Crippen molar-refractivity contribution in [3.63, 3.8) is 0 Å². The summed E-state index contributed by atoms with van der Waals surface area (Å²) >= 11 is 0. The zero-order valence-electron chi connectivity index (χ0n) is 11.3. The molecule has 0 radical (unpaired) electrons. The number of piperidine rings is 1. The fourth-order valence-corrected chi connectivity index (χ4v) is 3.21. The third-order valence-corrected chi connectivity index (χ3v) is 4.33. The average Bonchev–Trinajstić information content (AvgIpc) is 3.08. The van der Waals surface area contributed by atoms with Crippen LogP contribution >= 0.6 is 0 Å². The van der Waals surface area contributed by atoms with E-state index in [1.54, 1.807) is 0 Å². The number of hydrogen-bond donors (Lipinski definition) is 1. The molecule has 2 fully saturated rings. The van der Waals surface area contributed by atoms with Gasteiger partial charge in [0.05, 0.1) is 0 Å². The topological polar surface area (TPSA) is 52.2 Å². The summed E-state index contributed by atoms with van der Waals surface area (Å²) in [6, 6.07) is 2.08. The second-order valence-corrected chi connectivity index (χ2v) is 5.64. The molecule has 1 aromatic rings. The van der Waals surface area contributed by atoms with Gasteiger partial charge >= 0.3 is 0 Å². The van der Waals surface area contributed by atoms with E-state index in [1.165, 1.54) is 18.5 Å². The monoisotopic (exact) mass is 262 g/mol. The van der Waals surface area contributed by atoms with Crippen LogP contribution in [0.5, 0.6) is 0 Å². The number of nitrogens with zero attached hydrogens (tertiary/aromatic N) is 3. The Morgan fingerprint density at radius 2 is 2.26 bits per heavy atom. The highest BCUT2D eigenvalue weighted by Gasteiger charge is 2.24. The molecular weight excluding hydrogens is 240 g/mol. The molecule has 5 heteroatoms. The number of hydrogen-bond acceptors (Lipinski definition) is 3. The van der Waals surface area contributed by atoms with Crippen molar-refractivity contribution in [2.24, 2.45) is 0 Å². The van der Waals surface area contributed by atoms with Crippen molar-refractivity contribution in [3.8, 4) is 0 Å². The highest BCUT2D eigenvalue weighted by molar-refractivity contribution is 5.78. The van der Waals surface area contributed by atoms with E-state index in [9.17, 15) is 4.79 Å². The van der Waals surface area contributed by atoms with E-state index in [1.807, 2.05) is 11.1 Å². The van der Waals surface area contributed by atoms with E-state index in [-0.39, 0.29) is 0 Å². The first-order valence-electron chi connectivity index (χ1n) is 7.32. The van der Waals surface area contributed by atoms with E-state index < -0.39 is 0 Å². The van der Waals surface area contributed by atoms with Crippen molar-refractivity contribution in [2.75, 3.05) is 32.7 Å². The van der Waals surface area contributed by atoms with Crippen molar-refractivity contribution in [3.05, 3.63) is 18.0 Å². The molecule has 2 saturated heterocycles. The lowest BCUT2D eigenvalue weighted by Crippen LogP contribution is -2.40. The molecule has 0 spiro atoms. The lowest BCUT2D eigenvalue weighted by molar-refractivity contribution is -0.127. The summed E-state index contributed by atoms with van der Waals surface area (Å²) in [4.78, 5) is 16.1. The molecular formula is C14H22N4O. The number of rotatable bonds is 4. The van der Waals surface area contributed by atoms with Crippen LogP contribution in [-0.4, -0.2) is 58.6 Å². The van der Waals surface area contributed by atoms with E-state index in [0.717, 1.165) is 45.6 Å². The summed E-state index contributed by atoms with van der Waals surface area (Å²) in [5, 5.41) is 7.14. The average molecular weight is 262 g/mol. The first-order valence-corrected chi connectivity index (χ1v) is 7.32. The summed E-state index contributed by atoms with van der Waals surface area (Å²) in [5.41, 5.74) is 1.25. The Bertz CT molecular complexity index is 417. The molecule has 5 nitrogen and oxygen atoms in total. The minimum Gasteiger partial charge on any atom is -0.341 e. The molecule has 0 aliphatic carbocycles. The van der Waals surface area contributed by atoms with Gasteiger partial charge in [0.2, 0.25) is 5.91 Å². The first-order chi connectivity index (χ1) is 9.33. The SMILES string of the molecule is O=C1CCCN1CCN1CCC[C@H](c2ccn[nH]2)C1. The van der Waals surface area contributed by atoms with Gasteiger partial charge in [-0.1, -0.05) is 0 Å². The third-order valence-electron chi connectivity index (χ3n) is 4.33. The number of amides is 1. The minimum atomic E-state index is 0.335. The van der Waals surface area contributed by atoms with Gasteiger partial charge in [-0.3, -0.25) is 9.89 Å². The van der Waals surface area contributed by atoms with Crippen LogP contribution in [-0.2, 0) is 4.79 Å². The molecule has 2 aliphatic rings. The van der Waals surface area contributed by atoms with E-state index in [4.69, 9.17) is 0 Å². The molecule has 0 aromatic carbocycles. The zero-order chi connectivity index (χ0) is 13.1. The number of carbonyl (C=O) groups is 1. The number of H-pyrrole nitrogens is 1. The van der Waals surface area contributed by atoms with Crippen molar-refractivity contribution >= 4 is 5.91 Å². The van der Waals surface area contributed by atoms with Gasteiger partial charge in [-0.2, -0.15) is 5.10 Å². The smallest absolute Gasteiger partial charge is 0.222 e. The van der Waals surface area contributed by atoms with Crippen molar-refractivity contribution in [2.45, 2.75) is 31.6 Å². The maximum absolute atomic E-state index is 11.6. The van der Waals surface area contributed by atoms with Gasteiger partial charge in [-0.15, -0.1) is 0 Å². The number of likely N-dealkylation sites (tertiary alicyclic amines) is 2. The summed E-state index contributed by atoms with van der Waals surface area (Å²) in [7, 11) is 0. The Morgan fingerprint density at radius 1 is 1.32 bits per heavy atom. The number of nitrogens with one attached hydrogen (secondary N) is 1. The van der Waals surface area contributed by atoms with Crippen LogP contribution < -0.4 is 0 Å². The Kier molecular flexibility index (Phi) is 3.82. The fraction of sp³-hybridized carbons (Fsp3) is 0.714. The molecule has 1 aromatic heterocycles. The lowest BCUT2D eigenvalue weighted by Gasteiger charge is -2.33. The standard InChI is InChI=1S/C14H22N4O/c19-14-4-2-8-18(14)10-9-17-7-1-3-12(11-17)13-5-6-15-16-13/h5-6,12H,1-4,7-11H2,(H,15,16)/t12-/m0/s1. The van der Waals surface area contributed by atoms with Gasteiger partial charge in [0.1, 0.15) is 0 Å². The summed E-state index contributed by atoms with van der Waals surface area (Å²) in [6.45, 7) is 5.11. The predicted molar refractivity (Wildman–Crippen MR) is 72.8 cm³/mol. The maximum atomic E-state index is 11.6. The lowest BCUT2D eigenvalue weighted by atomic mass is 9.95. The molecule has 2 aliphatic heterocycles. The summed E-state index contributed by atoms with van der Waals surface area (Å²) in [6.07, 6.45) is 6.09. The highest BCUT2D eigenvalue weighted by Crippen LogP contribution is 2.25. The second-order valence-electron chi connectivity index (χ2n) is 5.64. The number of aromatic nitrogens is 2. The van der Waals surface area contributed by atoms with Crippen LogP contribution in [0.1, 0.15) is 37.3 Å². The highest BCUT2D eigenvalue weighted by atomic mass is 16.2. The Morgan fingerprint density at radius 3 is 3.00 bits per heavy atom. The Balaban J connectivity index is 1.50. The fourth-order valence-electron chi connectivity index (χ4n) is 3.21. The predicted octanol–water partition coefficient (Wildman–Crippen LogP) is 1.21. The van der Waals surface area contributed by atoms with Gasteiger partial charge in [0.25, 0.3) is 0 Å². The third kappa shape index (κ3) is 2.97. The maximum Gasteiger partial charge on any atom is 0.222 e. The van der Waals surface area contributed by atoms with Crippen LogP contribution in [0.4, 0.5) is 0 Å². The normalized spacial score (nSPS) is 25.2. The van der Waals surface area contributed by atoms with Crippen molar-refractivity contribution < 1.29 is 4.79 Å². The van der Waals surface area contributed by atoms with Crippen LogP contribution in [0.3, 0.4) is 0 Å². The van der Waals surface area contributed by atoms with Crippen LogP contribution in [0.25, 0.3) is 0 Å². The van der Waals surface area contributed by atoms with E-state index in [0.29, 0.717) is 11.8 Å². The molecule has 19 heavy (non-hydrogen) atoms. The zero-order valence-corrected chi connectivity index (χ0v) is 11.3. The summed E-state index contributed by atoms with van der Waals surface area (Å²) < 4.78 is 0. The van der Waals surface area contributed by atoms with Gasteiger partial charge in [0.15, 0.2) is 0 Å². The Hall–Kier alpha value is -1.36.